The maximum Gasteiger partial charge on any atom is 0.328 e. The summed E-state index contributed by atoms with van der Waals surface area (Å²) in [4.78, 5) is 10.3. The molecule has 1 rings (SSSR count). The zero-order valence-electron chi connectivity index (χ0n) is 9.44. The van der Waals surface area contributed by atoms with Gasteiger partial charge in [0.15, 0.2) is 0 Å². The Bertz CT molecular complexity index is 355. The van der Waals surface area contributed by atoms with Crippen LogP contribution in [0.5, 0.6) is 0 Å². The Hall–Kier alpha value is -1.61. The SMILES string of the molecule is CCCNCc1ccc(/C=C/C(=O)O)cc1. The van der Waals surface area contributed by atoms with Crippen molar-refractivity contribution in [1.29, 1.82) is 0 Å². The molecule has 0 bridgehead atoms. The summed E-state index contributed by atoms with van der Waals surface area (Å²) in [5, 5.41) is 11.8. The molecule has 1 aromatic rings. The molecular weight excluding hydrogens is 202 g/mol. The first kappa shape index (κ1) is 12.5. The van der Waals surface area contributed by atoms with Gasteiger partial charge in [-0.25, -0.2) is 4.79 Å². The van der Waals surface area contributed by atoms with Crippen LogP contribution < -0.4 is 5.32 Å². The summed E-state index contributed by atoms with van der Waals surface area (Å²) < 4.78 is 0. The lowest BCUT2D eigenvalue weighted by molar-refractivity contribution is -0.131. The van der Waals surface area contributed by atoms with Crippen LogP contribution in [0.2, 0.25) is 0 Å². The monoisotopic (exact) mass is 219 g/mol. The highest BCUT2D eigenvalue weighted by molar-refractivity contribution is 5.85. The van der Waals surface area contributed by atoms with Crippen LogP contribution in [0.4, 0.5) is 0 Å². The minimum absolute atomic E-state index is 0.858. The summed E-state index contributed by atoms with van der Waals surface area (Å²) in [6, 6.07) is 7.85. The van der Waals surface area contributed by atoms with Gasteiger partial charge in [-0.3, -0.25) is 0 Å². The van der Waals surface area contributed by atoms with Gasteiger partial charge in [0, 0.05) is 12.6 Å². The van der Waals surface area contributed by atoms with Gasteiger partial charge >= 0.3 is 5.97 Å². The third-order valence-electron chi connectivity index (χ3n) is 2.15. The number of carboxylic acid groups (broad SMARTS) is 1. The second-order valence-corrected chi connectivity index (χ2v) is 3.59. The highest BCUT2D eigenvalue weighted by atomic mass is 16.4. The number of carbonyl (C=O) groups is 1. The van der Waals surface area contributed by atoms with Crippen molar-refractivity contribution in [2.24, 2.45) is 0 Å². The van der Waals surface area contributed by atoms with Gasteiger partial charge < -0.3 is 10.4 Å². The van der Waals surface area contributed by atoms with Crippen LogP contribution in [-0.4, -0.2) is 17.6 Å². The van der Waals surface area contributed by atoms with Crippen LogP contribution >= 0.6 is 0 Å². The minimum Gasteiger partial charge on any atom is -0.478 e. The molecule has 0 radical (unpaired) electrons. The van der Waals surface area contributed by atoms with Crippen molar-refractivity contribution >= 4 is 12.0 Å². The summed E-state index contributed by atoms with van der Waals surface area (Å²) in [6.45, 7) is 4.00. The normalized spacial score (nSPS) is 10.8. The lowest BCUT2D eigenvalue weighted by atomic mass is 10.1. The first-order chi connectivity index (χ1) is 7.72. The average molecular weight is 219 g/mol. The first-order valence-corrected chi connectivity index (χ1v) is 5.43. The van der Waals surface area contributed by atoms with Crippen LogP contribution in [0.25, 0.3) is 6.08 Å². The zero-order chi connectivity index (χ0) is 11.8. The Morgan fingerprint density at radius 3 is 2.62 bits per heavy atom. The minimum atomic E-state index is -0.923. The molecule has 3 nitrogen and oxygen atoms in total. The fourth-order valence-corrected chi connectivity index (χ4v) is 1.32. The van der Waals surface area contributed by atoms with E-state index >= 15 is 0 Å². The van der Waals surface area contributed by atoms with E-state index in [0.717, 1.165) is 31.1 Å². The van der Waals surface area contributed by atoms with Crippen LogP contribution in [0, 0.1) is 0 Å². The topological polar surface area (TPSA) is 49.3 Å². The summed E-state index contributed by atoms with van der Waals surface area (Å²) in [6.07, 6.45) is 3.86. The first-order valence-electron chi connectivity index (χ1n) is 5.43. The number of benzene rings is 1. The molecule has 0 atom stereocenters. The van der Waals surface area contributed by atoms with E-state index in [1.54, 1.807) is 6.08 Å². The Morgan fingerprint density at radius 2 is 2.06 bits per heavy atom. The third kappa shape index (κ3) is 4.75. The highest BCUT2D eigenvalue weighted by Gasteiger charge is 1.93. The molecule has 0 saturated heterocycles. The van der Waals surface area contributed by atoms with Gasteiger partial charge in [-0.15, -0.1) is 0 Å². The number of nitrogens with one attached hydrogen (secondary N) is 1. The highest BCUT2D eigenvalue weighted by Crippen LogP contribution is 2.06. The molecule has 0 aliphatic heterocycles. The van der Waals surface area contributed by atoms with E-state index in [-0.39, 0.29) is 0 Å². The smallest absolute Gasteiger partial charge is 0.328 e. The molecule has 0 saturated carbocycles. The van der Waals surface area contributed by atoms with E-state index in [9.17, 15) is 4.79 Å². The number of aliphatic carboxylic acids is 1. The Kier molecular flexibility index (Phi) is 5.29. The quantitative estimate of drug-likeness (QED) is 0.570. The van der Waals surface area contributed by atoms with Crippen LogP contribution in [0.15, 0.2) is 30.3 Å². The molecule has 1 aromatic carbocycles. The van der Waals surface area contributed by atoms with E-state index in [1.165, 1.54) is 5.56 Å². The van der Waals surface area contributed by atoms with Gasteiger partial charge in [0.05, 0.1) is 0 Å². The molecule has 0 aliphatic rings. The van der Waals surface area contributed by atoms with E-state index in [1.807, 2.05) is 24.3 Å². The van der Waals surface area contributed by atoms with Crippen molar-refractivity contribution in [2.45, 2.75) is 19.9 Å². The Morgan fingerprint density at radius 1 is 1.38 bits per heavy atom. The predicted octanol–water partition coefficient (Wildman–Crippen LogP) is 2.28. The Labute approximate surface area is 95.8 Å². The molecule has 0 fully saturated rings. The van der Waals surface area contributed by atoms with Crippen molar-refractivity contribution in [3.8, 4) is 0 Å². The van der Waals surface area contributed by atoms with Crippen molar-refractivity contribution < 1.29 is 9.90 Å². The maximum atomic E-state index is 10.3. The molecule has 86 valence electrons. The van der Waals surface area contributed by atoms with Gasteiger partial charge in [-0.1, -0.05) is 31.2 Å². The third-order valence-corrected chi connectivity index (χ3v) is 2.15. The number of rotatable bonds is 6. The summed E-state index contributed by atoms with van der Waals surface area (Å²) in [5.74, 6) is -0.923. The molecule has 16 heavy (non-hydrogen) atoms. The average Bonchev–Trinajstić information content (AvgIpc) is 2.28. The van der Waals surface area contributed by atoms with Gasteiger partial charge in [0.25, 0.3) is 0 Å². The van der Waals surface area contributed by atoms with Gasteiger partial charge in [-0.05, 0) is 30.2 Å². The molecule has 0 heterocycles. The standard InChI is InChI=1S/C13H17NO2/c1-2-9-14-10-12-5-3-11(4-6-12)7-8-13(15)16/h3-8,14H,2,9-10H2,1H3,(H,15,16)/b8-7+. The van der Waals surface area contributed by atoms with Crippen LogP contribution in [0.1, 0.15) is 24.5 Å². The Balaban J connectivity index is 2.51. The summed E-state index contributed by atoms with van der Waals surface area (Å²) in [7, 11) is 0. The van der Waals surface area contributed by atoms with Crippen molar-refractivity contribution in [3.63, 3.8) is 0 Å². The van der Waals surface area contributed by atoms with Gasteiger partial charge in [-0.2, -0.15) is 0 Å². The molecule has 3 heteroatoms. The van der Waals surface area contributed by atoms with Crippen LogP contribution in [-0.2, 0) is 11.3 Å². The molecule has 0 aromatic heterocycles. The lowest BCUT2D eigenvalue weighted by Gasteiger charge is -2.03. The number of hydrogen-bond donors (Lipinski definition) is 2. The maximum absolute atomic E-state index is 10.3. The molecule has 2 N–H and O–H groups in total. The number of carboxylic acids is 1. The zero-order valence-corrected chi connectivity index (χ0v) is 9.44. The second kappa shape index (κ2) is 6.80. The van der Waals surface area contributed by atoms with Gasteiger partial charge in [0.1, 0.15) is 0 Å². The predicted molar refractivity (Wildman–Crippen MR) is 65.1 cm³/mol. The second-order valence-electron chi connectivity index (χ2n) is 3.59. The van der Waals surface area contributed by atoms with E-state index < -0.39 is 5.97 Å². The van der Waals surface area contributed by atoms with E-state index in [4.69, 9.17) is 5.11 Å². The van der Waals surface area contributed by atoms with E-state index in [0.29, 0.717) is 0 Å². The fraction of sp³-hybridized carbons (Fsp3) is 0.308. The molecule has 0 spiro atoms. The molecule has 0 aliphatic carbocycles. The van der Waals surface area contributed by atoms with Crippen LogP contribution in [0.3, 0.4) is 0 Å². The molecular formula is C13H17NO2. The molecule has 0 amide bonds. The van der Waals surface area contributed by atoms with Crippen molar-refractivity contribution in [3.05, 3.63) is 41.5 Å². The number of hydrogen-bond acceptors (Lipinski definition) is 2. The lowest BCUT2D eigenvalue weighted by Crippen LogP contribution is -2.13. The molecule has 0 unspecified atom stereocenters. The van der Waals surface area contributed by atoms with Crippen molar-refractivity contribution in [1.82, 2.24) is 5.32 Å². The summed E-state index contributed by atoms with van der Waals surface area (Å²) >= 11 is 0. The summed E-state index contributed by atoms with van der Waals surface area (Å²) in [5.41, 5.74) is 2.11. The van der Waals surface area contributed by atoms with E-state index in [2.05, 4.69) is 12.2 Å². The van der Waals surface area contributed by atoms with Gasteiger partial charge in [0.2, 0.25) is 0 Å². The largest absolute Gasteiger partial charge is 0.478 e. The van der Waals surface area contributed by atoms with Crippen molar-refractivity contribution in [2.75, 3.05) is 6.54 Å². The fourth-order valence-electron chi connectivity index (χ4n) is 1.32.